The van der Waals surface area contributed by atoms with Gasteiger partial charge in [-0.25, -0.2) is 15.4 Å². The second-order valence-corrected chi connectivity index (χ2v) is 9.82. The van der Waals surface area contributed by atoms with Crippen LogP contribution in [0.15, 0.2) is 34.5 Å². The zero-order chi connectivity index (χ0) is 23.5. The maximum Gasteiger partial charge on any atom is 0.250 e. The number of fused-ring (bicyclic) bond motifs is 1. The number of nitrogens with zero attached hydrogens (tertiary/aromatic N) is 4. The van der Waals surface area contributed by atoms with E-state index in [1.54, 1.807) is 6.21 Å². The Bertz CT molecular complexity index is 1050. The lowest BCUT2D eigenvalue weighted by atomic mass is 9.87. The lowest BCUT2D eigenvalue weighted by Gasteiger charge is -2.43. The molecule has 2 aromatic rings. The van der Waals surface area contributed by atoms with Crippen LogP contribution in [0, 0.1) is 20.8 Å². The van der Waals surface area contributed by atoms with E-state index in [1.807, 2.05) is 19.9 Å². The Morgan fingerprint density at radius 2 is 1.84 bits per heavy atom. The maximum atomic E-state index is 12.2. The molecule has 2 heterocycles. The molecule has 1 aliphatic rings. The first-order valence-electron chi connectivity index (χ1n) is 11.0. The number of benzene rings is 1. The molecule has 1 amide bonds. The summed E-state index contributed by atoms with van der Waals surface area (Å²) < 4.78 is 0. The summed E-state index contributed by atoms with van der Waals surface area (Å²) >= 11 is 1.31. The molecular formula is C25H33N5OS. The van der Waals surface area contributed by atoms with Gasteiger partial charge in [0.05, 0.1) is 17.5 Å². The van der Waals surface area contributed by atoms with Crippen molar-refractivity contribution in [3.63, 3.8) is 0 Å². The van der Waals surface area contributed by atoms with Gasteiger partial charge in [-0.2, -0.15) is 5.10 Å². The number of allylic oxidation sites excluding steroid dienone is 1. The summed E-state index contributed by atoms with van der Waals surface area (Å²) in [5.74, 6) is 0.0309. The largest absolute Gasteiger partial charge is 0.362 e. The van der Waals surface area contributed by atoms with E-state index in [4.69, 9.17) is 0 Å². The molecule has 0 saturated heterocycles. The van der Waals surface area contributed by atoms with Crippen LogP contribution in [0.2, 0.25) is 0 Å². The maximum absolute atomic E-state index is 12.2. The van der Waals surface area contributed by atoms with Crippen LogP contribution in [0.5, 0.6) is 0 Å². The Morgan fingerprint density at radius 3 is 2.50 bits per heavy atom. The topological polar surface area (TPSA) is 70.5 Å². The van der Waals surface area contributed by atoms with Crippen molar-refractivity contribution in [3.8, 4) is 0 Å². The van der Waals surface area contributed by atoms with Crippen LogP contribution in [0.25, 0.3) is 5.57 Å². The molecule has 0 fully saturated rings. The van der Waals surface area contributed by atoms with Crippen molar-refractivity contribution < 1.29 is 4.79 Å². The fraction of sp³-hybridized carbons (Fsp3) is 0.440. The Balaban J connectivity index is 1.70. The van der Waals surface area contributed by atoms with Gasteiger partial charge in [0.25, 0.3) is 5.91 Å². The normalized spacial score (nSPS) is 15.0. The predicted molar refractivity (Wildman–Crippen MR) is 135 cm³/mol. The highest BCUT2D eigenvalue weighted by molar-refractivity contribution is 7.99. The summed E-state index contributed by atoms with van der Waals surface area (Å²) in [4.78, 5) is 23.4. The number of amides is 1. The minimum absolute atomic E-state index is 0.0136. The first-order chi connectivity index (χ1) is 15.1. The number of nitrogens with one attached hydrogen (secondary N) is 1. The number of aromatic nitrogens is 2. The highest BCUT2D eigenvalue weighted by Crippen LogP contribution is 2.40. The number of aryl methyl sites for hydroxylation is 3. The average Bonchev–Trinajstić information content (AvgIpc) is 2.69. The molecule has 6 nitrogen and oxygen atoms in total. The van der Waals surface area contributed by atoms with Gasteiger partial charge in [0.15, 0.2) is 5.16 Å². The van der Waals surface area contributed by atoms with E-state index in [2.05, 4.69) is 78.2 Å². The zero-order valence-electron chi connectivity index (χ0n) is 20.1. The molecule has 1 N–H and O–H groups in total. The van der Waals surface area contributed by atoms with Crippen LogP contribution in [0.1, 0.15) is 62.2 Å². The highest BCUT2D eigenvalue weighted by Gasteiger charge is 2.31. The summed E-state index contributed by atoms with van der Waals surface area (Å²) in [5.41, 5.74) is 10.3. The highest BCUT2D eigenvalue weighted by atomic mass is 32.2. The van der Waals surface area contributed by atoms with Crippen LogP contribution < -0.4 is 10.3 Å². The van der Waals surface area contributed by atoms with Crippen LogP contribution in [-0.4, -0.2) is 39.9 Å². The Kier molecular flexibility index (Phi) is 7.39. The first kappa shape index (κ1) is 24.0. The first-order valence-corrected chi connectivity index (χ1v) is 12.0. The van der Waals surface area contributed by atoms with Gasteiger partial charge in [0, 0.05) is 29.2 Å². The van der Waals surface area contributed by atoms with E-state index in [-0.39, 0.29) is 17.2 Å². The number of hydrogen-bond acceptors (Lipinski definition) is 6. The van der Waals surface area contributed by atoms with Crippen LogP contribution in [0.3, 0.4) is 0 Å². The summed E-state index contributed by atoms with van der Waals surface area (Å²) in [6.45, 7) is 15.8. The molecule has 0 spiro atoms. The smallest absolute Gasteiger partial charge is 0.250 e. The molecule has 0 bridgehead atoms. The van der Waals surface area contributed by atoms with Crippen LogP contribution in [0.4, 0.5) is 5.69 Å². The lowest BCUT2D eigenvalue weighted by Crippen LogP contribution is -2.45. The van der Waals surface area contributed by atoms with Gasteiger partial charge in [-0.3, -0.25) is 4.79 Å². The molecule has 0 aliphatic carbocycles. The van der Waals surface area contributed by atoms with E-state index in [0.717, 1.165) is 35.5 Å². The molecule has 170 valence electrons. The van der Waals surface area contributed by atoms with Gasteiger partial charge in [-0.05, 0) is 82.9 Å². The average molecular weight is 452 g/mol. The van der Waals surface area contributed by atoms with Crippen molar-refractivity contribution in [2.45, 2.75) is 65.6 Å². The number of hydrazone groups is 1. The van der Waals surface area contributed by atoms with E-state index in [1.165, 1.54) is 28.6 Å². The third kappa shape index (κ3) is 5.57. The predicted octanol–water partition coefficient (Wildman–Crippen LogP) is 5.06. The number of hydrogen-bond donors (Lipinski definition) is 1. The molecular weight excluding hydrogens is 418 g/mol. The van der Waals surface area contributed by atoms with Gasteiger partial charge in [-0.15, -0.1) is 0 Å². The van der Waals surface area contributed by atoms with Gasteiger partial charge in [-0.1, -0.05) is 24.8 Å². The monoisotopic (exact) mass is 451 g/mol. The molecule has 1 aromatic heterocycles. The van der Waals surface area contributed by atoms with E-state index >= 15 is 0 Å². The second-order valence-electron chi connectivity index (χ2n) is 8.87. The van der Waals surface area contributed by atoms with Crippen molar-refractivity contribution in [3.05, 3.63) is 52.4 Å². The fourth-order valence-corrected chi connectivity index (χ4v) is 4.85. The minimum atomic E-state index is -0.184. The molecule has 32 heavy (non-hydrogen) atoms. The van der Waals surface area contributed by atoms with Crippen molar-refractivity contribution in [2.75, 3.05) is 17.2 Å². The molecule has 0 unspecified atom stereocenters. The quantitative estimate of drug-likeness (QED) is 0.276. The Hall–Kier alpha value is -2.67. The summed E-state index contributed by atoms with van der Waals surface area (Å²) in [6, 6.07) is 6.32. The molecule has 0 radical (unpaired) electrons. The fourth-order valence-electron chi connectivity index (χ4n) is 4.11. The van der Waals surface area contributed by atoms with Gasteiger partial charge in [0.2, 0.25) is 0 Å². The van der Waals surface area contributed by atoms with Gasteiger partial charge in [0.1, 0.15) is 0 Å². The standard InChI is InChI=1S/C25H33N5OS/c1-8-9-30-22-10-16(2)20(12-21(22)17(3)13-25(30,6)7)14-26-29-23(31)15-32-24-27-18(4)11-19(5)28-24/h10-14H,8-9,15H2,1-7H3,(H,29,31)/b26-14-. The molecule has 0 saturated carbocycles. The summed E-state index contributed by atoms with van der Waals surface area (Å²) in [6.07, 6.45) is 5.15. The number of carbonyl (C=O) groups excluding carboxylic acids is 1. The van der Waals surface area contributed by atoms with E-state index in [9.17, 15) is 4.79 Å². The van der Waals surface area contributed by atoms with Crippen molar-refractivity contribution >= 4 is 35.1 Å². The molecule has 3 rings (SSSR count). The second kappa shape index (κ2) is 9.86. The molecule has 7 heteroatoms. The van der Waals surface area contributed by atoms with Gasteiger partial charge < -0.3 is 4.90 Å². The zero-order valence-corrected chi connectivity index (χ0v) is 20.9. The number of carbonyl (C=O) groups is 1. The van der Waals surface area contributed by atoms with Crippen LogP contribution in [-0.2, 0) is 4.79 Å². The van der Waals surface area contributed by atoms with Crippen molar-refractivity contribution in [1.29, 1.82) is 0 Å². The number of thioether (sulfide) groups is 1. The third-order valence-electron chi connectivity index (χ3n) is 5.50. The SMILES string of the molecule is CCCN1c2cc(C)c(/C=N\NC(=O)CSc3nc(C)cc(C)n3)cc2C(C)=CC1(C)C. The van der Waals surface area contributed by atoms with E-state index in [0.29, 0.717) is 5.16 Å². The van der Waals surface area contributed by atoms with E-state index < -0.39 is 0 Å². The Labute approximate surface area is 195 Å². The number of rotatable bonds is 7. The third-order valence-corrected chi connectivity index (χ3v) is 6.35. The number of anilines is 1. The van der Waals surface area contributed by atoms with Crippen LogP contribution >= 0.6 is 11.8 Å². The molecule has 1 aliphatic heterocycles. The lowest BCUT2D eigenvalue weighted by molar-refractivity contribution is -0.118. The summed E-state index contributed by atoms with van der Waals surface area (Å²) in [7, 11) is 0. The minimum Gasteiger partial charge on any atom is -0.362 e. The molecule has 0 atom stereocenters. The van der Waals surface area contributed by atoms with Crippen molar-refractivity contribution in [1.82, 2.24) is 15.4 Å². The molecule has 1 aromatic carbocycles. The summed E-state index contributed by atoms with van der Waals surface area (Å²) in [5, 5.41) is 4.80. The van der Waals surface area contributed by atoms with Crippen molar-refractivity contribution in [2.24, 2.45) is 5.10 Å². The Morgan fingerprint density at radius 1 is 1.16 bits per heavy atom. The van der Waals surface area contributed by atoms with Gasteiger partial charge >= 0.3 is 0 Å².